The second-order valence-electron chi connectivity index (χ2n) is 12.9. The molecule has 3 aromatic rings. The van der Waals surface area contributed by atoms with Crippen LogP contribution in [-0.2, 0) is 19.1 Å². The standard InChI is InChI=1S/C39H44BrN3O6/c1-4-20-41(28-16-18-30(19-17-28)48-6-3)36(45)32-33-37(46)43(22-10-7-11-23-44)35(39(33)25-31(40)34(32)49-39)38(47)42(21-5-2)29-15-14-26-12-8-9-13-27(26)24-29/h4-5,8-9,12-19,24,31-35,44H,1-2,6-7,10-11,20-23,25H2,3H3/t31?,32-,33+,34-,35?,39?/m1/s1. The van der Waals surface area contributed by atoms with Crippen molar-refractivity contribution in [1.29, 1.82) is 0 Å². The first-order chi connectivity index (χ1) is 23.8. The summed E-state index contributed by atoms with van der Waals surface area (Å²) < 4.78 is 12.4. The number of anilines is 2. The normalized spacial score (nSPS) is 25.3. The predicted molar refractivity (Wildman–Crippen MR) is 195 cm³/mol. The van der Waals surface area contributed by atoms with Crippen LogP contribution in [-0.4, -0.2) is 83.2 Å². The van der Waals surface area contributed by atoms with Crippen molar-refractivity contribution in [3.8, 4) is 5.75 Å². The summed E-state index contributed by atoms with van der Waals surface area (Å²) in [6.45, 7) is 11.1. The van der Waals surface area contributed by atoms with Gasteiger partial charge in [-0.3, -0.25) is 14.4 Å². The smallest absolute Gasteiger partial charge is 0.253 e. The van der Waals surface area contributed by atoms with Crippen LogP contribution in [0.4, 0.5) is 11.4 Å². The summed E-state index contributed by atoms with van der Waals surface area (Å²) >= 11 is 3.80. The molecule has 2 bridgehead atoms. The molecule has 0 radical (unpaired) electrons. The van der Waals surface area contributed by atoms with Crippen molar-refractivity contribution in [3.63, 3.8) is 0 Å². The molecule has 3 aliphatic heterocycles. The number of rotatable bonds is 15. The highest BCUT2D eigenvalue weighted by atomic mass is 79.9. The molecule has 3 aliphatic rings. The number of alkyl halides is 1. The number of hydrogen-bond donors (Lipinski definition) is 1. The third-order valence-corrected chi connectivity index (χ3v) is 10.9. The van der Waals surface area contributed by atoms with E-state index < -0.39 is 29.6 Å². The van der Waals surface area contributed by atoms with E-state index in [0.29, 0.717) is 56.0 Å². The minimum absolute atomic E-state index is 0.0509. The van der Waals surface area contributed by atoms with Gasteiger partial charge in [0.1, 0.15) is 17.4 Å². The Morgan fingerprint density at radius 1 is 0.980 bits per heavy atom. The molecular formula is C39H44BrN3O6. The van der Waals surface area contributed by atoms with Crippen molar-refractivity contribution >= 4 is 55.8 Å². The van der Waals surface area contributed by atoms with Gasteiger partial charge in [0.05, 0.1) is 24.5 Å². The zero-order valence-corrected chi connectivity index (χ0v) is 29.5. The van der Waals surface area contributed by atoms with Crippen LogP contribution in [0.2, 0.25) is 0 Å². The van der Waals surface area contributed by atoms with E-state index >= 15 is 0 Å². The molecule has 0 aliphatic carbocycles. The zero-order chi connectivity index (χ0) is 34.7. The minimum Gasteiger partial charge on any atom is -0.494 e. The third-order valence-electron chi connectivity index (χ3n) is 10.0. The molecule has 6 rings (SSSR count). The molecule has 1 spiro atoms. The van der Waals surface area contributed by atoms with Gasteiger partial charge < -0.3 is 29.3 Å². The zero-order valence-electron chi connectivity index (χ0n) is 27.9. The fourth-order valence-electron chi connectivity index (χ4n) is 7.97. The van der Waals surface area contributed by atoms with Crippen molar-refractivity contribution < 1.29 is 29.0 Å². The van der Waals surface area contributed by atoms with Crippen LogP contribution in [0.1, 0.15) is 32.6 Å². The van der Waals surface area contributed by atoms with Crippen molar-refractivity contribution in [2.45, 2.75) is 55.2 Å². The Morgan fingerprint density at radius 2 is 1.65 bits per heavy atom. The summed E-state index contributed by atoms with van der Waals surface area (Å²) in [6.07, 6.45) is 5.04. The van der Waals surface area contributed by atoms with Crippen molar-refractivity contribution in [1.82, 2.24) is 4.90 Å². The number of amides is 3. The van der Waals surface area contributed by atoms with Crippen LogP contribution in [0.25, 0.3) is 10.8 Å². The summed E-state index contributed by atoms with van der Waals surface area (Å²) in [5, 5.41) is 11.5. The monoisotopic (exact) mass is 729 g/mol. The Morgan fingerprint density at radius 3 is 2.33 bits per heavy atom. The molecule has 49 heavy (non-hydrogen) atoms. The minimum atomic E-state index is -1.21. The predicted octanol–water partition coefficient (Wildman–Crippen LogP) is 5.89. The first kappa shape index (κ1) is 34.9. The van der Waals surface area contributed by atoms with E-state index in [1.807, 2.05) is 73.7 Å². The van der Waals surface area contributed by atoms with Gasteiger partial charge in [0.25, 0.3) is 5.91 Å². The first-order valence-electron chi connectivity index (χ1n) is 17.1. The highest BCUT2D eigenvalue weighted by Gasteiger charge is 2.77. The van der Waals surface area contributed by atoms with Gasteiger partial charge >= 0.3 is 0 Å². The second-order valence-corrected chi connectivity index (χ2v) is 14.1. The molecule has 3 unspecified atom stereocenters. The lowest BCUT2D eigenvalue weighted by molar-refractivity contribution is -0.140. The van der Waals surface area contributed by atoms with E-state index in [-0.39, 0.29) is 42.2 Å². The summed E-state index contributed by atoms with van der Waals surface area (Å²) in [6, 6.07) is 20.2. The fraction of sp³-hybridized carbons (Fsp3) is 0.410. The first-order valence-corrected chi connectivity index (χ1v) is 18.0. The van der Waals surface area contributed by atoms with Crippen LogP contribution in [0.15, 0.2) is 92.0 Å². The van der Waals surface area contributed by atoms with Crippen LogP contribution >= 0.6 is 15.9 Å². The van der Waals surface area contributed by atoms with Gasteiger partial charge in [-0.1, -0.05) is 58.4 Å². The van der Waals surface area contributed by atoms with Crippen molar-refractivity contribution in [2.24, 2.45) is 11.8 Å². The lowest BCUT2D eigenvalue weighted by atomic mass is 9.70. The molecule has 3 fully saturated rings. The van der Waals surface area contributed by atoms with E-state index in [1.54, 1.807) is 26.9 Å². The van der Waals surface area contributed by atoms with E-state index in [4.69, 9.17) is 9.47 Å². The van der Waals surface area contributed by atoms with Gasteiger partial charge in [-0.05, 0) is 79.8 Å². The van der Waals surface area contributed by atoms with Crippen LogP contribution in [0, 0.1) is 11.8 Å². The molecule has 3 amide bonds. The number of carbonyl (C=O) groups is 3. The third kappa shape index (κ3) is 6.30. The number of fused-ring (bicyclic) bond motifs is 2. The topological polar surface area (TPSA) is 99.6 Å². The highest BCUT2D eigenvalue weighted by Crippen LogP contribution is 2.60. The van der Waals surface area contributed by atoms with E-state index in [2.05, 4.69) is 29.1 Å². The van der Waals surface area contributed by atoms with Gasteiger partial charge in [-0.25, -0.2) is 0 Å². The molecular weight excluding hydrogens is 686 g/mol. The molecule has 0 aromatic heterocycles. The number of nitrogens with zero attached hydrogens (tertiary/aromatic N) is 3. The molecule has 3 aromatic carbocycles. The lowest BCUT2D eigenvalue weighted by Gasteiger charge is -2.37. The number of halogens is 1. The van der Waals surface area contributed by atoms with Crippen molar-refractivity contribution in [2.75, 3.05) is 42.6 Å². The molecule has 3 heterocycles. The Bertz CT molecular complexity index is 1710. The van der Waals surface area contributed by atoms with Gasteiger partial charge in [0.15, 0.2) is 0 Å². The van der Waals surface area contributed by atoms with Gasteiger partial charge in [0.2, 0.25) is 11.8 Å². The molecule has 3 saturated heterocycles. The van der Waals surface area contributed by atoms with Crippen LogP contribution < -0.4 is 14.5 Å². The molecule has 1 N–H and O–H groups in total. The van der Waals surface area contributed by atoms with Gasteiger partial charge in [-0.15, -0.1) is 13.2 Å². The summed E-state index contributed by atoms with van der Waals surface area (Å²) in [4.78, 5) is 49.1. The maximum Gasteiger partial charge on any atom is 0.253 e. The number of hydrogen-bond acceptors (Lipinski definition) is 6. The number of benzene rings is 3. The highest BCUT2D eigenvalue weighted by molar-refractivity contribution is 9.09. The Labute approximate surface area is 296 Å². The van der Waals surface area contributed by atoms with E-state index in [1.165, 1.54) is 0 Å². The van der Waals surface area contributed by atoms with Gasteiger partial charge in [-0.2, -0.15) is 0 Å². The van der Waals surface area contributed by atoms with E-state index in [9.17, 15) is 19.5 Å². The summed E-state index contributed by atoms with van der Waals surface area (Å²) in [5.41, 5.74) is 0.141. The number of ether oxygens (including phenoxy) is 2. The average Bonchev–Trinajstić information content (AvgIpc) is 3.70. The maximum atomic E-state index is 15.0. The molecule has 9 nitrogen and oxygen atoms in total. The number of aliphatic hydroxyl groups is 1. The van der Waals surface area contributed by atoms with Crippen molar-refractivity contribution in [3.05, 3.63) is 92.0 Å². The Balaban J connectivity index is 1.39. The Kier molecular flexibility index (Phi) is 10.6. The fourth-order valence-corrected chi connectivity index (χ4v) is 8.91. The number of carbonyl (C=O) groups excluding carboxylic acids is 3. The number of likely N-dealkylation sites (tertiary alicyclic amines) is 1. The molecule has 0 saturated carbocycles. The average molecular weight is 731 g/mol. The quantitative estimate of drug-likeness (QED) is 0.119. The molecule has 258 valence electrons. The largest absolute Gasteiger partial charge is 0.494 e. The maximum absolute atomic E-state index is 15.0. The SMILES string of the molecule is C=CCN(C(=O)C1N(CCCCCO)C(=O)[C@@H]2[C@@H](C(=O)N(CC=C)c3ccc(OCC)cc3)[C@@H]3OC12CC3Br)c1ccc2ccccc2c1. The van der Waals surface area contributed by atoms with Crippen LogP contribution in [0.5, 0.6) is 5.75 Å². The van der Waals surface area contributed by atoms with Gasteiger partial charge in [0, 0.05) is 42.4 Å². The second kappa shape index (κ2) is 14.9. The number of aliphatic hydroxyl groups excluding tert-OH is 1. The lowest BCUT2D eigenvalue weighted by Crippen LogP contribution is -2.57. The van der Waals surface area contributed by atoms with Crippen LogP contribution in [0.3, 0.4) is 0 Å². The summed E-state index contributed by atoms with van der Waals surface area (Å²) in [5.74, 6) is -1.73. The number of unbranched alkanes of at least 4 members (excludes halogenated alkanes) is 2. The van der Waals surface area contributed by atoms with E-state index in [0.717, 1.165) is 10.8 Å². The summed E-state index contributed by atoms with van der Waals surface area (Å²) in [7, 11) is 0. The molecule has 6 atom stereocenters. The molecule has 10 heteroatoms. The Hall–Kier alpha value is -3.99.